The van der Waals surface area contributed by atoms with E-state index in [-0.39, 0.29) is 0 Å². The Bertz CT molecular complexity index is 359. The van der Waals surface area contributed by atoms with Crippen LogP contribution < -0.4 is 5.32 Å². The van der Waals surface area contributed by atoms with Crippen LogP contribution >= 0.6 is 0 Å². The van der Waals surface area contributed by atoms with Crippen molar-refractivity contribution in [2.75, 3.05) is 0 Å². The Morgan fingerprint density at radius 1 is 1.44 bits per heavy atom. The first-order valence-corrected chi connectivity index (χ1v) is 5.99. The van der Waals surface area contributed by atoms with E-state index in [2.05, 4.69) is 36.2 Å². The van der Waals surface area contributed by atoms with Crippen LogP contribution in [0.25, 0.3) is 0 Å². The molecule has 90 valence electrons. The van der Waals surface area contributed by atoms with E-state index in [9.17, 15) is 0 Å². The fraction of sp³-hybridized carbons (Fsp3) is 0.833. The van der Waals surface area contributed by atoms with Gasteiger partial charge >= 0.3 is 0 Å². The highest BCUT2D eigenvalue weighted by Gasteiger charge is 2.36. The number of aromatic nitrogens is 2. The zero-order valence-corrected chi connectivity index (χ0v) is 10.6. The van der Waals surface area contributed by atoms with E-state index in [0.717, 1.165) is 11.7 Å². The third-order valence-corrected chi connectivity index (χ3v) is 3.43. The second-order valence-electron chi connectivity index (χ2n) is 5.77. The van der Waals surface area contributed by atoms with Gasteiger partial charge in [-0.1, -0.05) is 25.9 Å². The van der Waals surface area contributed by atoms with Gasteiger partial charge in [0.05, 0.1) is 6.54 Å². The highest BCUT2D eigenvalue weighted by molar-refractivity contribution is 4.93. The molecule has 2 unspecified atom stereocenters. The summed E-state index contributed by atoms with van der Waals surface area (Å²) in [5.41, 5.74) is 0.463. The first-order chi connectivity index (χ1) is 7.46. The quantitative estimate of drug-likeness (QED) is 0.854. The van der Waals surface area contributed by atoms with Gasteiger partial charge in [0.25, 0.3) is 0 Å². The molecular weight excluding hydrogens is 202 g/mol. The van der Waals surface area contributed by atoms with Crippen molar-refractivity contribution in [2.45, 2.75) is 53.1 Å². The molecule has 1 N–H and O–H groups in total. The lowest BCUT2D eigenvalue weighted by atomic mass is 9.91. The van der Waals surface area contributed by atoms with Crippen molar-refractivity contribution < 1.29 is 4.52 Å². The molecule has 1 heterocycles. The molecule has 1 aliphatic rings. The van der Waals surface area contributed by atoms with Crippen LogP contribution in [-0.4, -0.2) is 16.2 Å². The van der Waals surface area contributed by atoms with Gasteiger partial charge in [-0.25, -0.2) is 0 Å². The molecular formula is C12H21N3O. The van der Waals surface area contributed by atoms with Crippen LogP contribution in [0.2, 0.25) is 0 Å². The van der Waals surface area contributed by atoms with E-state index in [1.165, 1.54) is 12.8 Å². The second kappa shape index (κ2) is 4.17. The average molecular weight is 223 g/mol. The zero-order valence-electron chi connectivity index (χ0n) is 10.6. The molecule has 2 rings (SSSR count). The average Bonchev–Trinajstić information content (AvgIpc) is 2.67. The number of aryl methyl sites for hydroxylation is 1. The van der Waals surface area contributed by atoms with Crippen molar-refractivity contribution >= 4 is 0 Å². The predicted molar refractivity (Wildman–Crippen MR) is 61.8 cm³/mol. The summed E-state index contributed by atoms with van der Waals surface area (Å²) in [5.74, 6) is 2.12. The minimum atomic E-state index is 0.463. The summed E-state index contributed by atoms with van der Waals surface area (Å²) in [5, 5.41) is 7.42. The third-order valence-electron chi connectivity index (χ3n) is 3.43. The molecule has 1 fully saturated rings. The topological polar surface area (TPSA) is 51.0 Å². The van der Waals surface area contributed by atoms with Crippen molar-refractivity contribution in [1.82, 2.24) is 15.5 Å². The maximum Gasteiger partial charge on any atom is 0.223 e. The maximum absolute atomic E-state index is 4.95. The lowest BCUT2D eigenvalue weighted by molar-refractivity contribution is 0.359. The summed E-state index contributed by atoms with van der Waals surface area (Å²) in [6, 6.07) is 0.578. The van der Waals surface area contributed by atoms with E-state index in [0.29, 0.717) is 23.9 Å². The van der Waals surface area contributed by atoms with Crippen molar-refractivity contribution in [3.8, 4) is 0 Å². The zero-order chi connectivity index (χ0) is 11.8. The molecule has 0 radical (unpaired) electrons. The molecule has 0 aliphatic heterocycles. The number of hydrogen-bond acceptors (Lipinski definition) is 4. The Hall–Kier alpha value is -0.900. The number of nitrogens with zero attached hydrogens (tertiary/aromatic N) is 2. The SMILES string of the molecule is Cc1nc(CNC2CC(C)(C)CC2C)no1. The molecule has 0 spiro atoms. The number of nitrogens with one attached hydrogen (secondary N) is 1. The lowest BCUT2D eigenvalue weighted by Gasteiger charge is -2.17. The predicted octanol–water partition coefficient (Wildman–Crippen LogP) is 2.29. The van der Waals surface area contributed by atoms with E-state index in [4.69, 9.17) is 4.52 Å². The van der Waals surface area contributed by atoms with Crippen molar-refractivity contribution in [3.63, 3.8) is 0 Å². The third kappa shape index (κ3) is 2.61. The number of hydrogen-bond donors (Lipinski definition) is 1. The van der Waals surface area contributed by atoms with Gasteiger partial charge in [0, 0.05) is 13.0 Å². The van der Waals surface area contributed by atoms with Crippen LogP contribution in [0.15, 0.2) is 4.52 Å². The summed E-state index contributed by atoms with van der Waals surface area (Å²) in [7, 11) is 0. The van der Waals surface area contributed by atoms with Crippen molar-refractivity contribution in [1.29, 1.82) is 0 Å². The van der Waals surface area contributed by atoms with Crippen molar-refractivity contribution in [2.24, 2.45) is 11.3 Å². The van der Waals surface area contributed by atoms with Gasteiger partial charge in [0.2, 0.25) is 5.89 Å². The van der Waals surface area contributed by atoms with Gasteiger partial charge in [0.1, 0.15) is 0 Å². The van der Waals surface area contributed by atoms with Gasteiger partial charge in [0.15, 0.2) is 5.82 Å². The normalized spacial score (nSPS) is 28.5. The minimum absolute atomic E-state index is 0.463. The lowest BCUT2D eigenvalue weighted by Crippen LogP contribution is -2.31. The summed E-state index contributed by atoms with van der Waals surface area (Å²) in [4.78, 5) is 4.19. The maximum atomic E-state index is 4.95. The smallest absolute Gasteiger partial charge is 0.223 e. The molecule has 1 aromatic heterocycles. The van der Waals surface area contributed by atoms with Gasteiger partial charge in [-0.05, 0) is 24.2 Å². The second-order valence-corrected chi connectivity index (χ2v) is 5.77. The van der Waals surface area contributed by atoms with E-state index in [1.807, 2.05) is 6.92 Å². The standard InChI is InChI=1S/C12H21N3O/c1-8-5-12(3,4)6-10(8)13-7-11-14-9(2)16-15-11/h8,10,13H,5-7H2,1-4H3. The van der Waals surface area contributed by atoms with Crippen LogP contribution in [0.4, 0.5) is 0 Å². The fourth-order valence-electron chi connectivity index (χ4n) is 2.80. The van der Waals surface area contributed by atoms with Crippen LogP contribution in [-0.2, 0) is 6.54 Å². The van der Waals surface area contributed by atoms with Crippen LogP contribution in [0.3, 0.4) is 0 Å². The Morgan fingerprint density at radius 2 is 2.19 bits per heavy atom. The van der Waals surface area contributed by atoms with Crippen molar-refractivity contribution in [3.05, 3.63) is 11.7 Å². The molecule has 0 bridgehead atoms. The summed E-state index contributed by atoms with van der Waals surface area (Å²) < 4.78 is 4.95. The Kier molecular flexibility index (Phi) is 3.02. The molecule has 0 saturated heterocycles. The molecule has 0 amide bonds. The van der Waals surface area contributed by atoms with Crippen LogP contribution in [0, 0.1) is 18.3 Å². The first kappa shape index (κ1) is 11.6. The Balaban J connectivity index is 1.87. The van der Waals surface area contributed by atoms with E-state index in [1.54, 1.807) is 0 Å². The molecule has 16 heavy (non-hydrogen) atoms. The molecule has 4 heteroatoms. The Labute approximate surface area is 96.8 Å². The van der Waals surface area contributed by atoms with E-state index >= 15 is 0 Å². The highest BCUT2D eigenvalue weighted by atomic mass is 16.5. The minimum Gasteiger partial charge on any atom is -0.340 e. The first-order valence-electron chi connectivity index (χ1n) is 5.99. The van der Waals surface area contributed by atoms with Gasteiger partial charge in [-0.15, -0.1) is 0 Å². The van der Waals surface area contributed by atoms with Crippen LogP contribution in [0.5, 0.6) is 0 Å². The molecule has 4 nitrogen and oxygen atoms in total. The van der Waals surface area contributed by atoms with Gasteiger partial charge < -0.3 is 9.84 Å². The fourth-order valence-corrected chi connectivity index (χ4v) is 2.80. The van der Waals surface area contributed by atoms with Gasteiger partial charge in [-0.3, -0.25) is 0 Å². The number of rotatable bonds is 3. The molecule has 1 aliphatic carbocycles. The molecule has 1 saturated carbocycles. The summed E-state index contributed by atoms with van der Waals surface area (Å²) in [6.45, 7) is 9.52. The van der Waals surface area contributed by atoms with Gasteiger partial charge in [-0.2, -0.15) is 4.98 Å². The molecule has 1 aromatic rings. The highest BCUT2D eigenvalue weighted by Crippen LogP contribution is 2.40. The van der Waals surface area contributed by atoms with E-state index < -0.39 is 0 Å². The Morgan fingerprint density at radius 3 is 2.69 bits per heavy atom. The summed E-state index contributed by atoms with van der Waals surface area (Å²) >= 11 is 0. The largest absolute Gasteiger partial charge is 0.340 e. The molecule has 0 aromatic carbocycles. The monoisotopic (exact) mass is 223 g/mol. The van der Waals surface area contributed by atoms with Crippen LogP contribution in [0.1, 0.15) is 45.3 Å². The molecule has 2 atom stereocenters. The summed E-state index contributed by atoms with van der Waals surface area (Å²) in [6.07, 6.45) is 2.51.